The van der Waals surface area contributed by atoms with Crippen molar-refractivity contribution in [1.82, 2.24) is 10.3 Å². The maximum atomic E-state index is 11.7. The molecule has 0 aliphatic carbocycles. The Morgan fingerprint density at radius 3 is 2.62 bits per heavy atom. The van der Waals surface area contributed by atoms with Crippen LogP contribution in [0.4, 0.5) is 0 Å². The highest BCUT2D eigenvalue weighted by molar-refractivity contribution is 9.10. The van der Waals surface area contributed by atoms with Gasteiger partial charge < -0.3 is 9.64 Å². The number of amides is 2. The number of methoxy groups -OCH3 is 1. The van der Waals surface area contributed by atoms with Crippen LogP contribution in [0.2, 0.25) is 0 Å². The zero-order valence-electron chi connectivity index (χ0n) is 12.2. The minimum absolute atomic E-state index is 0.478. The lowest BCUT2D eigenvalue weighted by atomic mass is 10.2. The molecule has 21 heavy (non-hydrogen) atoms. The molecule has 0 aromatic heterocycles. The van der Waals surface area contributed by atoms with E-state index in [4.69, 9.17) is 4.74 Å². The summed E-state index contributed by atoms with van der Waals surface area (Å²) in [5.74, 6) is -0.742. The molecular weight excluding hydrogens is 338 g/mol. The third-order valence-electron chi connectivity index (χ3n) is 2.81. The van der Waals surface area contributed by atoms with E-state index in [0.29, 0.717) is 24.4 Å². The molecule has 0 bridgehead atoms. The highest BCUT2D eigenvalue weighted by Crippen LogP contribution is 2.21. The average molecular weight is 356 g/mol. The molecule has 1 aromatic carbocycles. The predicted molar refractivity (Wildman–Crippen MR) is 84.4 cm³/mol. The number of carbonyl (C=O) groups is 2. The van der Waals surface area contributed by atoms with Gasteiger partial charge in [0, 0.05) is 23.1 Å². The molecule has 0 saturated carbocycles. The van der Waals surface area contributed by atoms with Crippen LogP contribution < -0.4 is 10.2 Å². The van der Waals surface area contributed by atoms with E-state index in [1.165, 1.54) is 11.1 Å². The summed E-state index contributed by atoms with van der Waals surface area (Å²) in [4.78, 5) is 24.8. The van der Waals surface area contributed by atoms with E-state index in [2.05, 4.69) is 26.5 Å². The van der Waals surface area contributed by atoms with Crippen LogP contribution in [0, 0.1) is 0 Å². The van der Waals surface area contributed by atoms with Crippen molar-refractivity contribution < 1.29 is 14.3 Å². The van der Waals surface area contributed by atoms with Gasteiger partial charge in [-0.3, -0.25) is 9.59 Å². The van der Waals surface area contributed by atoms with Crippen molar-refractivity contribution in [3.63, 3.8) is 0 Å². The summed E-state index contributed by atoms with van der Waals surface area (Å²) in [5.41, 5.74) is 2.90. The summed E-state index contributed by atoms with van der Waals surface area (Å²) in [6, 6.07) is 5.40. The number of likely N-dealkylation sites (N-methyl/N-ethyl adjacent to an activating group) is 1. The molecule has 6 nitrogen and oxygen atoms in total. The largest absolute Gasteiger partial charge is 0.496 e. The van der Waals surface area contributed by atoms with Gasteiger partial charge in [-0.25, -0.2) is 5.43 Å². The Hall–Kier alpha value is -1.89. The third kappa shape index (κ3) is 4.86. The molecule has 1 aromatic rings. The number of rotatable bonds is 5. The van der Waals surface area contributed by atoms with Crippen molar-refractivity contribution in [2.75, 3.05) is 20.2 Å². The molecule has 1 rings (SSSR count). The summed E-state index contributed by atoms with van der Waals surface area (Å²) in [6.07, 6.45) is 1.43. The van der Waals surface area contributed by atoms with Crippen molar-refractivity contribution >= 4 is 34.0 Å². The summed E-state index contributed by atoms with van der Waals surface area (Å²) in [5, 5.41) is 3.79. The van der Waals surface area contributed by atoms with Crippen LogP contribution in [0.1, 0.15) is 19.4 Å². The Morgan fingerprint density at radius 1 is 1.38 bits per heavy atom. The maximum Gasteiger partial charge on any atom is 0.329 e. The first-order valence-corrected chi connectivity index (χ1v) is 7.28. The number of nitrogens with one attached hydrogen (secondary N) is 1. The van der Waals surface area contributed by atoms with Crippen LogP contribution in [0.5, 0.6) is 5.75 Å². The van der Waals surface area contributed by atoms with E-state index in [0.717, 1.165) is 4.47 Å². The molecule has 0 atom stereocenters. The van der Waals surface area contributed by atoms with Gasteiger partial charge in [0.25, 0.3) is 0 Å². The first-order chi connectivity index (χ1) is 10.0. The molecule has 0 unspecified atom stereocenters. The van der Waals surface area contributed by atoms with Crippen molar-refractivity contribution in [2.45, 2.75) is 13.8 Å². The molecule has 0 radical (unpaired) electrons. The molecule has 0 heterocycles. The van der Waals surface area contributed by atoms with E-state index in [9.17, 15) is 9.59 Å². The molecule has 0 saturated heterocycles. The van der Waals surface area contributed by atoms with Crippen molar-refractivity contribution in [3.8, 4) is 5.75 Å². The maximum absolute atomic E-state index is 11.7. The highest BCUT2D eigenvalue weighted by Gasteiger charge is 2.18. The number of ether oxygens (including phenoxy) is 1. The molecule has 2 amide bonds. The molecule has 0 fully saturated rings. The summed E-state index contributed by atoms with van der Waals surface area (Å²) in [6.45, 7) is 4.58. The van der Waals surface area contributed by atoms with Crippen molar-refractivity contribution in [3.05, 3.63) is 28.2 Å². The lowest BCUT2D eigenvalue weighted by molar-refractivity contribution is -0.145. The molecule has 0 spiro atoms. The third-order valence-corrected chi connectivity index (χ3v) is 3.30. The van der Waals surface area contributed by atoms with E-state index >= 15 is 0 Å². The van der Waals surface area contributed by atoms with E-state index < -0.39 is 11.8 Å². The minimum Gasteiger partial charge on any atom is -0.496 e. The van der Waals surface area contributed by atoms with Crippen LogP contribution in [0.15, 0.2) is 27.8 Å². The second kappa shape index (κ2) is 8.41. The number of nitrogens with zero attached hydrogens (tertiary/aromatic N) is 2. The lowest BCUT2D eigenvalue weighted by Gasteiger charge is -2.16. The standard InChI is InChI=1S/C14H18BrN3O3/c1-4-18(5-2)14(20)13(19)17-16-9-10-8-11(15)6-7-12(10)21-3/h6-9H,4-5H2,1-3H3,(H,17,19)/b16-9-. The second-order valence-corrected chi connectivity index (χ2v) is 4.98. The van der Waals surface area contributed by atoms with Gasteiger partial charge in [-0.1, -0.05) is 15.9 Å². The second-order valence-electron chi connectivity index (χ2n) is 4.06. The summed E-state index contributed by atoms with van der Waals surface area (Å²) < 4.78 is 6.04. The molecule has 7 heteroatoms. The zero-order chi connectivity index (χ0) is 15.8. The van der Waals surface area contributed by atoms with Crippen LogP contribution in [-0.4, -0.2) is 43.1 Å². The fourth-order valence-corrected chi connectivity index (χ4v) is 2.05. The summed E-state index contributed by atoms with van der Waals surface area (Å²) >= 11 is 3.34. The van der Waals surface area contributed by atoms with Gasteiger partial charge in [0.05, 0.1) is 13.3 Å². The van der Waals surface area contributed by atoms with Gasteiger partial charge in [-0.15, -0.1) is 0 Å². The lowest BCUT2D eigenvalue weighted by Crippen LogP contribution is -2.41. The smallest absolute Gasteiger partial charge is 0.329 e. The van der Waals surface area contributed by atoms with Crippen LogP contribution in [0.3, 0.4) is 0 Å². The van der Waals surface area contributed by atoms with Gasteiger partial charge in [-0.05, 0) is 32.0 Å². The normalized spacial score (nSPS) is 10.5. The van der Waals surface area contributed by atoms with Gasteiger partial charge in [-0.2, -0.15) is 5.10 Å². The van der Waals surface area contributed by atoms with Gasteiger partial charge in [0.1, 0.15) is 5.75 Å². The SMILES string of the molecule is CCN(CC)C(=O)C(=O)N/N=C\c1cc(Br)ccc1OC. The quantitative estimate of drug-likeness (QED) is 0.497. The fourth-order valence-electron chi connectivity index (χ4n) is 1.67. The number of hydrazone groups is 1. The van der Waals surface area contributed by atoms with E-state index in [1.807, 2.05) is 19.9 Å². The van der Waals surface area contributed by atoms with Gasteiger partial charge in [0.2, 0.25) is 0 Å². The van der Waals surface area contributed by atoms with Crippen LogP contribution >= 0.6 is 15.9 Å². The van der Waals surface area contributed by atoms with Crippen LogP contribution in [0.25, 0.3) is 0 Å². The molecule has 0 aliphatic heterocycles. The average Bonchev–Trinajstić information content (AvgIpc) is 2.48. The number of hydrogen-bond acceptors (Lipinski definition) is 4. The highest BCUT2D eigenvalue weighted by atomic mass is 79.9. The Balaban J connectivity index is 2.72. The monoisotopic (exact) mass is 355 g/mol. The summed E-state index contributed by atoms with van der Waals surface area (Å²) in [7, 11) is 1.54. The Labute approximate surface area is 132 Å². The zero-order valence-corrected chi connectivity index (χ0v) is 13.8. The first-order valence-electron chi connectivity index (χ1n) is 6.49. The predicted octanol–water partition coefficient (Wildman–Crippen LogP) is 1.78. The number of hydrogen-bond donors (Lipinski definition) is 1. The Kier molecular flexibility index (Phi) is 6.87. The number of carbonyl (C=O) groups excluding carboxylic acids is 2. The van der Waals surface area contributed by atoms with Crippen molar-refractivity contribution in [1.29, 1.82) is 0 Å². The topological polar surface area (TPSA) is 71.0 Å². The van der Waals surface area contributed by atoms with Gasteiger partial charge >= 0.3 is 11.8 Å². The van der Waals surface area contributed by atoms with Crippen molar-refractivity contribution in [2.24, 2.45) is 5.10 Å². The van der Waals surface area contributed by atoms with E-state index in [-0.39, 0.29) is 0 Å². The molecule has 1 N–H and O–H groups in total. The van der Waals surface area contributed by atoms with Crippen LogP contribution in [-0.2, 0) is 9.59 Å². The Bertz CT molecular complexity index is 542. The van der Waals surface area contributed by atoms with E-state index in [1.54, 1.807) is 19.2 Å². The number of halogens is 1. The number of benzene rings is 1. The minimum atomic E-state index is -0.760. The molecule has 114 valence electrons. The molecule has 0 aliphatic rings. The fraction of sp³-hybridized carbons (Fsp3) is 0.357. The first kappa shape index (κ1) is 17.2. The molecular formula is C14H18BrN3O3. The Morgan fingerprint density at radius 2 is 2.05 bits per heavy atom. The van der Waals surface area contributed by atoms with Gasteiger partial charge in [0.15, 0.2) is 0 Å².